The fourth-order valence-corrected chi connectivity index (χ4v) is 6.24. The second-order valence-electron chi connectivity index (χ2n) is 11.5. The second-order valence-corrected chi connectivity index (χ2v) is 11.5. The molecule has 2 aliphatic heterocycles. The van der Waals surface area contributed by atoms with Gasteiger partial charge in [0, 0.05) is 56.4 Å². The molecule has 2 saturated heterocycles. The number of benzene rings is 2. The number of carbonyl (C=O) groups is 1. The summed E-state index contributed by atoms with van der Waals surface area (Å²) in [6.07, 6.45) is 4.93. The van der Waals surface area contributed by atoms with Gasteiger partial charge < -0.3 is 24.8 Å². The molecule has 0 saturated carbocycles. The largest absolute Gasteiger partial charge is 0.497 e. The Morgan fingerprint density at radius 2 is 1.86 bits per heavy atom. The standard InChI is InChI=1S/C32H39F3N4O4/c1-42-24-4-5-28-26(19-24)25(22(20-37-28)21-39-13-15-43-16-14-39)3-2-6-32(31(40)41)7-10-38(11-8-32)12-9-36-29-18-23(33)17-27(34)30(29)35/h4-5,17-20,36H,2-3,6-16,21H2,1H3,(H,40,41). The molecular weight excluding hydrogens is 561 g/mol. The average Bonchev–Trinajstić information content (AvgIpc) is 3.01. The van der Waals surface area contributed by atoms with Gasteiger partial charge in [0.15, 0.2) is 11.6 Å². The summed E-state index contributed by atoms with van der Waals surface area (Å²) in [6.45, 7) is 5.83. The third-order valence-corrected chi connectivity index (χ3v) is 8.86. The first-order valence-electron chi connectivity index (χ1n) is 14.9. The number of nitrogens with one attached hydrogen (secondary N) is 1. The van der Waals surface area contributed by atoms with Gasteiger partial charge in [0.2, 0.25) is 0 Å². The van der Waals surface area contributed by atoms with Crippen molar-refractivity contribution in [3.8, 4) is 5.75 Å². The highest BCUT2D eigenvalue weighted by Gasteiger charge is 2.40. The summed E-state index contributed by atoms with van der Waals surface area (Å²) in [4.78, 5) is 21.7. The first-order valence-corrected chi connectivity index (χ1v) is 14.9. The van der Waals surface area contributed by atoms with Crippen LogP contribution in [-0.4, -0.2) is 85.5 Å². The van der Waals surface area contributed by atoms with E-state index in [0.29, 0.717) is 64.6 Å². The third kappa shape index (κ3) is 7.39. The first-order chi connectivity index (χ1) is 20.8. The van der Waals surface area contributed by atoms with Gasteiger partial charge in [0.1, 0.15) is 11.6 Å². The van der Waals surface area contributed by atoms with E-state index in [-0.39, 0.29) is 12.2 Å². The lowest BCUT2D eigenvalue weighted by atomic mass is 9.74. The lowest BCUT2D eigenvalue weighted by Gasteiger charge is -2.39. The van der Waals surface area contributed by atoms with Gasteiger partial charge in [-0.3, -0.25) is 14.7 Å². The molecule has 11 heteroatoms. The van der Waals surface area contributed by atoms with Crippen molar-refractivity contribution in [2.75, 3.05) is 64.9 Å². The number of morpholine rings is 1. The number of rotatable bonds is 12. The highest BCUT2D eigenvalue weighted by Crippen LogP contribution is 2.38. The number of carboxylic acid groups (broad SMARTS) is 1. The van der Waals surface area contributed by atoms with E-state index in [1.165, 1.54) is 5.56 Å². The Balaban J connectivity index is 1.22. The number of nitrogens with zero attached hydrogens (tertiary/aromatic N) is 3. The number of fused-ring (bicyclic) bond motifs is 1. The highest BCUT2D eigenvalue weighted by atomic mass is 19.2. The Morgan fingerprint density at radius 3 is 2.58 bits per heavy atom. The lowest BCUT2D eigenvalue weighted by Crippen LogP contribution is -2.45. The molecule has 2 N–H and O–H groups in total. The number of methoxy groups -OCH3 is 1. The van der Waals surface area contributed by atoms with Crippen LogP contribution in [0.1, 0.15) is 36.8 Å². The van der Waals surface area contributed by atoms with Crippen LogP contribution in [0.2, 0.25) is 0 Å². The van der Waals surface area contributed by atoms with Gasteiger partial charge in [0.25, 0.3) is 0 Å². The smallest absolute Gasteiger partial charge is 0.309 e. The summed E-state index contributed by atoms with van der Waals surface area (Å²) in [7, 11) is 1.64. The van der Waals surface area contributed by atoms with Crippen molar-refractivity contribution in [1.29, 1.82) is 0 Å². The Kier molecular flexibility index (Phi) is 10.0. The van der Waals surface area contributed by atoms with Gasteiger partial charge in [-0.25, -0.2) is 13.2 Å². The number of piperidine rings is 1. The Labute approximate surface area is 249 Å². The van der Waals surface area contributed by atoms with E-state index < -0.39 is 28.8 Å². The zero-order valence-corrected chi connectivity index (χ0v) is 24.5. The molecule has 1 aromatic heterocycles. The monoisotopic (exact) mass is 600 g/mol. The van der Waals surface area contributed by atoms with Gasteiger partial charge in [-0.2, -0.15) is 0 Å². The van der Waals surface area contributed by atoms with Crippen LogP contribution in [0.3, 0.4) is 0 Å². The second kappa shape index (κ2) is 13.9. The van der Waals surface area contributed by atoms with E-state index >= 15 is 0 Å². The number of aliphatic carboxylic acids is 1. The first kappa shape index (κ1) is 31.0. The van der Waals surface area contributed by atoms with E-state index in [0.717, 1.165) is 54.3 Å². The maximum Gasteiger partial charge on any atom is 0.309 e. The Hall–Kier alpha value is -3.41. The molecule has 232 valence electrons. The molecule has 0 aliphatic carbocycles. The minimum atomic E-state index is -1.24. The molecule has 0 radical (unpaired) electrons. The van der Waals surface area contributed by atoms with Crippen LogP contribution >= 0.6 is 0 Å². The van der Waals surface area contributed by atoms with Crippen molar-refractivity contribution < 1.29 is 32.5 Å². The summed E-state index contributed by atoms with van der Waals surface area (Å²) >= 11 is 0. The topological polar surface area (TPSA) is 87.2 Å². The maximum atomic E-state index is 13.9. The summed E-state index contributed by atoms with van der Waals surface area (Å²) in [5.41, 5.74) is 2.16. The minimum Gasteiger partial charge on any atom is -0.497 e. The van der Waals surface area contributed by atoms with E-state index in [1.807, 2.05) is 24.4 Å². The average molecular weight is 601 g/mol. The number of halogens is 3. The fraction of sp³-hybridized carbons (Fsp3) is 0.500. The molecule has 3 aromatic rings. The summed E-state index contributed by atoms with van der Waals surface area (Å²) in [5.74, 6) is -3.22. The molecule has 3 heterocycles. The summed E-state index contributed by atoms with van der Waals surface area (Å²) < 4.78 is 51.9. The van der Waals surface area contributed by atoms with Gasteiger partial charge in [-0.05, 0) is 74.5 Å². The van der Waals surface area contributed by atoms with Crippen LogP contribution in [0.4, 0.5) is 18.9 Å². The molecule has 5 rings (SSSR count). The summed E-state index contributed by atoms with van der Waals surface area (Å²) in [6, 6.07) is 7.31. The molecule has 0 amide bonds. The van der Waals surface area contributed by atoms with Gasteiger partial charge >= 0.3 is 5.97 Å². The molecule has 0 spiro atoms. The Morgan fingerprint density at radius 1 is 1.09 bits per heavy atom. The van der Waals surface area contributed by atoms with Gasteiger partial charge in [-0.15, -0.1) is 0 Å². The number of pyridine rings is 1. The minimum absolute atomic E-state index is 0.219. The molecule has 0 atom stereocenters. The highest BCUT2D eigenvalue weighted by molar-refractivity contribution is 5.84. The zero-order valence-electron chi connectivity index (χ0n) is 24.5. The molecule has 8 nitrogen and oxygen atoms in total. The van der Waals surface area contributed by atoms with E-state index in [4.69, 9.17) is 14.5 Å². The van der Waals surface area contributed by atoms with Crippen molar-refractivity contribution in [2.45, 2.75) is 38.6 Å². The van der Waals surface area contributed by atoms with Crippen LogP contribution in [-0.2, 0) is 22.5 Å². The molecule has 43 heavy (non-hydrogen) atoms. The van der Waals surface area contributed by atoms with E-state index in [1.54, 1.807) is 7.11 Å². The van der Waals surface area contributed by atoms with Crippen molar-refractivity contribution in [3.05, 3.63) is 65.1 Å². The molecular formula is C32H39F3N4O4. The predicted octanol–water partition coefficient (Wildman–Crippen LogP) is 5.09. The molecule has 0 bridgehead atoms. The number of aromatic nitrogens is 1. The molecule has 0 unspecified atom stereocenters. The number of carboxylic acids is 1. The molecule has 2 aromatic carbocycles. The lowest BCUT2D eigenvalue weighted by molar-refractivity contribution is -0.152. The van der Waals surface area contributed by atoms with Gasteiger partial charge in [0.05, 0.1) is 36.9 Å². The SMILES string of the molecule is COc1ccc2ncc(CN3CCOCC3)c(CCCC3(C(=O)O)CCN(CCNc4cc(F)cc(F)c4F)CC3)c2c1. The molecule has 2 aliphatic rings. The normalized spacial score (nSPS) is 17.7. The number of hydrogen-bond acceptors (Lipinski definition) is 7. The number of aryl methyl sites for hydroxylation is 1. The fourth-order valence-electron chi connectivity index (χ4n) is 6.24. The van der Waals surface area contributed by atoms with Crippen molar-refractivity contribution in [3.63, 3.8) is 0 Å². The number of ether oxygens (including phenoxy) is 2. The van der Waals surface area contributed by atoms with E-state index in [9.17, 15) is 23.1 Å². The zero-order chi connectivity index (χ0) is 30.4. The van der Waals surface area contributed by atoms with Crippen LogP contribution in [0.25, 0.3) is 10.9 Å². The third-order valence-electron chi connectivity index (χ3n) is 8.86. The van der Waals surface area contributed by atoms with Crippen LogP contribution < -0.4 is 10.1 Å². The molecule has 2 fully saturated rings. The van der Waals surface area contributed by atoms with Crippen molar-refractivity contribution in [1.82, 2.24) is 14.8 Å². The summed E-state index contributed by atoms with van der Waals surface area (Å²) in [5, 5.41) is 14.1. The van der Waals surface area contributed by atoms with Crippen LogP contribution in [0.5, 0.6) is 5.75 Å². The van der Waals surface area contributed by atoms with Crippen LogP contribution in [0.15, 0.2) is 36.5 Å². The maximum absolute atomic E-state index is 13.9. The van der Waals surface area contributed by atoms with Crippen LogP contribution in [0, 0.1) is 22.9 Å². The van der Waals surface area contributed by atoms with Gasteiger partial charge in [-0.1, -0.05) is 0 Å². The van der Waals surface area contributed by atoms with Crippen molar-refractivity contribution in [2.24, 2.45) is 5.41 Å². The quantitative estimate of drug-likeness (QED) is 0.278. The van der Waals surface area contributed by atoms with Crippen molar-refractivity contribution >= 4 is 22.6 Å². The van der Waals surface area contributed by atoms with E-state index in [2.05, 4.69) is 15.1 Å². The predicted molar refractivity (Wildman–Crippen MR) is 158 cm³/mol. The number of anilines is 1. The number of hydrogen-bond donors (Lipinski definition) is 2. The Bertz CT molecular complexity index is 1430. The number of likely N-dealkylation sites (tertiary alicyclic amines) is 1.